The highest BCUT2D eigenvalue weighted by Crippen LogP contribution is 2.68. The molecule has 1 aromatic rings. The Hall–Kier alpha value is -1.52. The van der Waals surface area contributed by atoms with Crippen LogP contribution in [0.25, 0.3) is 0 Å². The molecule has 0 aliphatic heterocycles. The molecule has 212 valence electrons. The van der Waals surface area contributed by atoms with Crippen molar-refractivity contribution >= 4 is 11.4 Å². The van der Waals surface area contributed by atoms with Gasteiger partial charge in [0.1, 0.15) is 6.10 Å². The van der Waals surface area contributed by atoms with Gasteiger partial charge in [-0.05, 0) is 127 Å². The van der Waals surface area contributed by atoms with Gasteiger partial charge in [0.2, 0.25) is 0 Å². The highest BCUT2D eigenvalue weighted by atomic mass is 17.1. The van der Waals surface area contributed by atoms with E-state index in [9.17, 15) is 5.26 Å². The molecule has 5 N–H and O–H groups in total. The first kappa shape index (κ1) is 28.0. The molecule has 4 heteroatoms. The fourth-order valence-electron chi connectivity index (χ4n) is 10.4. The molecule has 0 bridgehead atoms. The van der Waals surface area contributed by atoms with E-state index in [1.165, 1.54) is 51.4 Å². The van der Waals surface area contributed by atoms with Crippen molar-refractivity contribution in [3.63, 3.8) is 0 Å². The van der Waals surface area contributed by atoms with Gasteiger partial charge < -0.3 is 11.5 Å². The first-order valence-corrected chi connectivity index (χ1v) is 15.7. The van der Waals surface area contributed by atoms with E-state index in [0.29, 0.717) is 16.8 Å². The average molecular weight is 523 g/mol. The van der Waals surface area contributed by atoms with E-state index in [1.807, 2.05) is 12.1 Å². The Bertz CT molecular complexity index is 999. The van der Waals surface area contributed by atoms with Gasteiger partial charge in [0.05, 0.1) is 0 Å². The molecule has 0 amide bonds. The summed E-state index contributed by atoms with van der Waals surface area (Å²) in [4.78, 5) is 5.19. The van der Waals surface area contributed by atoms with Crippen LogP contribution in [0, 0.1) is 52.3 Å². The van der Waals surface area contributed by atoms with E-state index < -0.39 is 0 Å². The highest BCUT2D eigenvalue weighted by molar-refractivity contribution is 5.55. The lowest BCUT2D eigenvalue weighted by molar-refractivity contribution is -0.297. The van der Waals surface area contributed by atoms with Gasteiger partial charge in [-0.3, -0.25) is 5.26 Å². The normalized spacial score (nSPS) is 38.2. The van der Waals surface area contributed by atoms with Crippen LogP contribution in [0.3, 0.4) is 0 Å². The van der Waals surface area contributed by atoms with Crippen molar-refractivity contribution in [3.05, 3.63) is 35.4 Å². The van der Waals surface area contributed by atoms with E-state index in [4.69, 9.17) is 16.4 Å². The lowest BCUT2D eigenvalue weighted by Crippen LogP contribution is -2.51. The van der Waals surface area contributed by atoms with Crippen LogP contribution in [0.15, 0.2) is 29.8 Å². The van der Waals surface area contributed by atoms with E-state index >= 15 is 0 Å². The predicted octanol–water partition coefficient (Wildman–Crippen LogP) is 9.04. The van der Waals surface area contributed by atoms with Crippen LogP contribution in [0.5, 0.6) is 0 Å². The Balaban J connectivity index is 1.34. The molecule has 4 aliphatic carbocycles. The van der Waals surface area contributed by atoms with Gasteiger partial charge in [-0.25, -0.2) is 4.89 Å². The molecular formula is C34H54N2O2. The molecule has 5 rings (SSSR count). The van der Waals surface area contributed by atoms with Crippen LogP contribution in [0.4, 0.5) is 11.4 Å². The zero-order valence-electron chi connectivity index (χ0n) is 24.7. The summed E-state index contributed by atoms with van der Waals surface area (Å²) in [5.41, 5.74) is 16.8. The third-order valence-electron chi connectivity index (χ3n) is 12.2. The molecule has 38 heavy (non-hydrogen) atoms. The average Bonchev–Trinajstić information content (AvgIpc) is 3.20. The minimum Gasteiger partial charge on any atom is -0.399 e. The smallest absolute Gasteiger partial charge is 0.121 e. The number of allylic oxidation sites excluding steroid dienone is 2. The number of nitrogen functional groups attached to an aromatic ring is 2. The fraction of sp³-hybridized carbons (Fsp3) is 0.765. The van der Waals surface area contributed by atoms with Crippen molar-refractivity contribution < 1.29 is 10.1 Å². The summed E-state index contributed by atoms with van der Waals surface area (Å²) in [6.45, 7) is 12.5. The van der Waals surface area contributed by atoms with Crippen LogP contribution < -0.4 is 11.5 Å². The van der Waals surface area contributed by atoms with Crippen molar-refractivity contribution in [2.24, 2.45) is 52.3 Å². The molecule has 0 saturated heterocycles. The minimum absolute atomic E-state index is 0.191. The van der Waals surface area contributed by atoms with Gasteiger partial charge in [-0.1, -0.05) is 65.5 Å². The Kier molecular flexibility index (Phi) is 7.97. The zero-order chi connectivity index (χ0) is 27.2. The molecule has 0 aromatic heterocycles. The zero-order valence-corrected chi connectivity index (χ0v) is 24.7. The van der Waals surface area contributed by atoms with Crippen molar-refractivity contribution in [1.29, 1.82) is 0 Å². The van der Waals surface area contributed by atoms with Crippen molar-refractivity contribution in [1.82, 2.24) is 0 Å². The number of benzene rings is 1. The minimum atomic E-state index is -0.379. The van der Waals surface area contributed by atoms with E-state index in [0.717, 1.165) is 60.3 Å². The van der Waals surface area contributed by atoms with Gasteiger partial charge in [0.25, 0.3) is 0 Å². The Morgan fingerprint density at radius 3 is 2.39 bits per heavy atom. The second kappa shape index (κ2) is 10.8. The highest BCUT2D eigenvalue weighted by Gasteiger charge is 2.59. The number of hydrogen-bond acceptors (Lipinski definition) is 4. The topological polar surface area (TPSA) is 81.5 Å². The summed E-state index contributed by atoms with van der Waals surface area (Å²) < 4.78 is 0. The van der Waals surface area contributed by atoms with E-state index in [2.05, 4.69) is 40.7 Å². The fourth-order valence-corrected chi connectivity index (χ4v) is 10.4. The lowest BCUT2D eigenvalue weighted by Gasteiger charge is -2.59. The summed E-state index contributed by atoms with van der Waals surface area (Å²) >= 11 is 0. The van der Waals surface area contributed by atoms with Crippen LogP contribution in [-0.4, -0.2) is 5.26 Å². The monoisotopic (exact) mass is 522 g/mol. The molecule has 4 aliphatic rings. The SMILES string of the molecule is CC(C)CCCC(C)C1CCC2C3CC=C4CCC(C(OO)c5cc(N)cc(N)c5)CC4(C)C3CCC12C. The molecule has 3 fully saturated rings. The van der Waals surface area contributed by atoms with Gasteiger partial charge in [0.15, 0.2) is 0 Å². The standard InChI is InChI=1S/C34H54N2O2/c1-21(2)7-6-8-22(3)29-13-14-30-28-12-11-25-10-9-23(20-34(25,5)31(28)15-16-33(29,30)4)32(38-37)24-17-26(35)19-27(36)18-24/h11,17-19,21-23,28-32,37H,6-10,12-16,20,35-36H2,1-5H3. The first-order chi connectivity index (χ1) is 18.1. The van der Waals surface area contributed by atoms with Gasteiger partial charge >= 0.3 is 0 Å². The van der Waals surface area contributed by atoms with Crippen molar-refractivity contribution in [2.45, 2.75) is 111 Å². The largest absolute Gasteiger partial charge is 0.399 e. The molecule has 3 saturated carbocycles. The molecule has 9 atom stereocenters. The molecule has 0 heterocycles. The molecule has 0 spiro atoms. The second-order valence-corrected chi connectivity index (χ2v) is 14.8. The maximum absolute atomic E-state index is 10.1. The Morgan fingerprint density at radius 2 is 1.71 bits per heavy atom. The maximum Gasteiger partial charge on any atom is 0.121 e. The van der Waals surface area contributed by atoms with E-state index in [-0.39, 0.29) is 17.4 Å². The molecular weight excluding hydrogens is 468 g/mol. The van der Waals surface area contributed by atoms with Crippen LogP contribution in [0.1, 0.15) is 117 Å². The Labute approximate surface area is 231 Å². The summed E-state index contributed by atoms with van der Waals surface area (Å²) in [7, 11) is 0. The quantitative estimate of drug-likeness (QED) is 0.138. The van der Waals surface area contributed by atoms with E-state index in [1.54, 1.807) is 11.6 Å². The van der Waals surface area contributed by atoms with Gasteiger partial charge in [-0.15, -0.1) is 0 Å². The summed E-state index contributed by atoms with van der Waals surface area (Å²) in [6, 6.07) is 5.61. The number of rotatable bonds is 8. The first-order valence-electron chi connectivity index (χ1n) is 15.7. The third kappa shape index (κ3) is 4.94. The number of nitrogens with two attached hydrogens (primary N) is 2. The molecule has 4 nitrogen and oxygen atoms in total. The van der Waals surface area contributed by atoms with Crippen LogP contribution >= 0.6 is 0 Å². The summed E-state index contributed by atoms with van der Waals surface area (Å²) in [5, 5.41) is 10.1. The molecule has 0 radical (unpaired) electrons. The second-order valence-electron chi connectivity index (χ2n) is 14.8. The van der Waals surface area contributed by atoms with Gasteiger partial charge in [0, 0.05) is 11.4 Å². The van der Waals surface area contributed by atoms with Crippen LogP contribution in [-0.2, 0) is 4.89 Å². The van der Waals surface area contributed by atoms with Gasteiger partial charge in [-0.2, -0.15) is 0 Å². The molecule has 1 aromatic carbocycles. The maximum atomic E-state index is 10.1. The number of anilines is 2. The number of hydrogen-bond donors (Lipinski definition) is 3. The van der Waals surface area contributed by atoms with Crippen LogP contribution in [0.2, 0.25) is 0 Å². The summed E-state index contributed by atoms with van der Waals surface area (Å²) in [5.74, 6) is 5.20. The Morgan fingerprint density at radius 1 is 0.974 bits per heavy atom. The third-order valence-corrected chi connectivity index (χ3v) is 12.2. The lowest BCUT2D eigenvalue weighted by atomic mass is 9.46. The molecule has 9 unspecified atom stereocenters. The van der Waals surface area contributed by atoms with Crippen molar-refractivity contribution in [3.8, 4) is 0 Å². The van der Waals surface area contributed by atoms with Crippen molar-refractivity contribution in [2.75, 3.05) is 11.5 Å². The predicted molar refractivity (Wildman–Crippen MR) is 158 cm³/mol. The summed E-state index contributed by atoms with van der Waals surface area (Å²) in [6.07, 6.45) is 16.5. The number of fused-ring (bicyclic) bond motifs is 5.